The number of nitrogens with one attached hydrogen (secondary N) is 1. The quantitative estimate of drug-likeness (QED) is 0.919. The molecule has 0 aliphatic rings. The molecule has 0 fully saturated rings. The first-order valence-corrected chi connectivity index (χ1v) is 7.86. The molecule has 1 aromatic carbocycles. The fraction of sp³-hybridized carbons (Fsp3) is 0.529. The second kappa shape index (κ2) is 6.89. The summed E-state index contributed by atoms with van der Waals surface area (Å²) in [6, 6.07) is 7.96. The number of hydrogen-bond donors (Lipinski definition) is 1. The van der Waals surface area contributed by atoms with Crippen molar-refractivity contribution in [3.05, 3.63) is 24.3 Å². The third-order valence-corrected chi connectivity index (χ3v) is 3.43. The van der Waals surface area contributed by atoms with E-state index in [9.17, 15) is 4.79 Å². The maximum Gasteiger partial charge on any atom is 0.410 e. The largest absolute Gasteiger partial charge is 0.444 e. The fourth-order valence-corrected chi connectivity index (χ4v) is 2.20. The molecular formula is C17H26N4O2. The molecule has 23 heavy (non-hydrogen) atoms. The van der Waals surface area contributed by atoms with Gasteiger partial charge in [0, 0.05) is 27.2 Å². The molecule has 0 aliphatic heterocycles. The molecule has 0 unspecified atom stereocenters. The molecule has 2 aromatic rings. The van der Waals surface area contributed by atoms with Crippen molar-refractivity contribution in [1.82, 2.24) is 14.9 Å². The Morgan fingerprint density at radius 2 is 1.91 bits per heavy atom. The summed E-state index contributed by atoms with van der Waals surface area (Å²) in [5, 5.41) is 0. The maximum absolute atomic E-state index is 11.9. The fourth-order valence-electron chi connectivity index (χ4n) is 2.20. The Balaban J connectivity index is 1.82. The predicted molar refractivity (Wildman–Crippen MR) is 92.8 cm³/mol. The van der Waals surface area contributed by atoms with Crippen LogP contribution in [-0.4, -0.2) is 53.7 Å². The lowest BCUT2D eigenvalue weighted by molar-refractivity contribution is 0.0298. The van der Waals surface area contributed by atoms with Crippen LogP contribution in [0.5, 0.6) is 0 Å². The molecule has 0 atom stereocenters. The van der Waals surface area contributed by atoms with Gasteiger partial charge in [0.05, 0.1) is 11.0 Å². The van der Waals surface area contributed by atoms with E-state index in [0.29, 0.717) is 6.54 Å². The summed E-state index contributed by atoms with van der Waals surface area (Å²) >= 11 is 0. The Bertz CT molecular complexity index is 627. The van der Waals surface area contributed by atoms with Crippen LogP contribution in [0.1, 0.15) is 27.2 Å². The van der Waals surface area contributed by atoms with E-state index in [1.165, 1.54) is 0 Å². The van der Waals surface area contributed by atoms with E-state index in [1.807, 2.05) is 52.1 Å². The lowest BCUT2D eigenvalue weighted by atomic mass is 10.2. The molecule has 0 bridgehead atoms. The number of rotatable bonds is 5. The van der Waals surface area contributed by atoms with Crippen molar-refractivity contribution >= 4 is 23.1 Å². The summed E-state index contributed by atoms with van der Waals surface area (Å²) < 4.78 is 5.34. The van der Waals surface area contributed by atoms with Crippen LogP contribution in [0.15, 0.2) is 24.3 Å². The van der Waals surface area contributed by atoms with Crippen LogP contribution in [0.25, 0.3) is 11.0 Å². The molecule has 0 saturated carbocycles. The van der Waals surface area contributed by atoms with Crippen molar-refractivity contribution in [2.45, 2.75) is 32.8 Å². The first-order valence-electron chi connectivity index (χ1n) is 7.86. The van der Waals surface area contributed by atoms with E-state index in [1.54, 1.807) is 11.9 Å². The van der Waals surface area contributed by atoms with E-state index in [2.05, 4.69) is 14.9 Å². The van der Waals surface area contributed by atoms with Gasteiger partial charge in [0.2, 0.25) is 5.95 Å². The number of imidazole rings is 1. The molecule has 1 aromatic heterocycles. The number of carbonyl (C=O) groups excluding carboxylic acids is 1. The van der Waals surface area contributed by atoms with Gasteiger partial charge in [0.25, 0.3) is 0 Å². The Hall–Kier alpha value is -2.24. The number of H-pyrrole nitrogens is 1. The monoisotopic (exact) mass is 318 g/mol. The molecule has 0 aliphatic carbocycles. The Kier molecular flexibility index (Phi) is 5.13. The van der Waals surface area contributed by atoms with Crippen LogP contribution in [0.4, 0.5) is 10.7 Å². The van der Waals surface area contributed by atoms with Gasteiger partial charge >= 0.3 is 6.09 Å². The minimum atomic E-state index is -0.462. The number of nitrogens with zero attached hydrogens (tertiary/aromatic N) is 3. The van der Waals surface area contributed by atoms with Crippen molar-refractivity contribution in [2.75, 3.05) is 32.1 Å². The highest BCUT2D eigenvalue weighted by molar-refractivity contribution is 5.77. The van der Waals surface area contributed by atoms with Crippen molar-refractivity contribution in [2.24, 2.45) is 0 Å². The van der Waals surface area contributed by atoms with E-state index in [4.69, 9.17) is 4.74 Å². The number of hydrogen-bond acceptors (Lipinski definition) is 4. The summed E-state index contributed by atoms with van der Waals surface area (Å²) in [5.41, 5.74) is 1.52. The second-order valence-electron chi connectivity index (χ2n) is 6.75. The van der Waals surface area contributed by atoms with Crippen molar-refractivity contribution < 1.29 is 9.53 Å². The Labute approximate surface area is 137 Å². The van der Waals surface area contributed by atoms with Crippen molar-refractivity contribution in [3.8, 4) is 0 Å². The van der Waals surface area contributed by atoms with E-state index in [0.717, 1.165) is 29.9 Å². The molecule has 2 rings (SSSR count). The van der Waals surface area contributed by atoms with Crippen LogP contribution in [0, 0.1) is 0 Å². The molecule has 0 spiro atoms. The second-order valence-corrected chi connectivity index (χ2v) is 6.75. The average molecular weight is 318 g/mol. The molecule has 0 saturated heterocycles. The van der Waals surface area contributed by atoms with E-state index in [-0.39, 0.29) is 6.09 Å². The molecule has 6 nitrogen and oxygen atoms in total. The topological polar surface area (TPSA) is 61.5 Å². The zero-order chi connectivity index (χ0) is 17.0. The number of fused-ring (bicyclic) bond motifs is 1. The number of carbonyl (C=O) groups is 1. The number of ether oxygens (including phenoxy) is 1. The van der Waals surface area contributed by atoms with Gasteiger partial charge in [-0.2, -0.15) is 0 Å². The van der Waals surface area contributed by atoms with Gasteiger partial charge in [-0.3, -0.25) is 0 Å². The van der Waals surface area contributed by atoms with Gasteiger partial charge in [-0.05, 0) is 39.3 Å². The number of amides is 1. The Morgan fingerprint density at radius 1 is 1.22 bits per heavy atom. The summed E-state index contributed by atoms with van der Waals surface area (Å²) in [4.78, 5) is 23.4. The molecular weight excluding hydrogens is 292 g/mol. The van der Waals surface area contributed by atoms with E-state index < -0.39 is 5.60 Å². The lowest BCUT2D eigenvalue weighted by Crippen LogP contribution is -2.35. The van der Waals surface area contributed by atoms with Gasteiger partial charge in [-0.15, -0.1) is 0 Å². The minimum Gasteiger partial charge on any atom is -0.444 e. The zero-order valence-electron chi connectivity index (χ0n) is 14.6. The maximum atomic E-state index is 11.9. The van der Waals surface area contributed by atoms with Crippen LogP contribution in [0.2, 0.25) is 0 Å². The van der Waals surface area contributed by atoms with Gasteiger partial charge in [0.15, 0.2) is 0 Å². The summed E-state index contributed by atoms with van der Waals surface area (Å²) in [7, 11) is 3.75. The third-order valence-electron chi connectivity index (χ3n) is 3.43. The molecule has 6 heteroatoms. The number of anilines is 1. The molecule has 1 amide bonds. The molecule has 0 radical (unpaired) electrons. The SMILES string of the molecule is CN(CCCN(C)c1nc2ccccc2[nH]1)C(=O)OC(C)(C)C. The van der Waals surface area contributed by atoms with Gasteiger partial charge in [-0.25, -0.2) is 9.78 Å². The molecule has 1 heterocycles. The summed E-state index contributed by atoms with van der Waals surface area (Å²) in [6.07, 6.45) is 0.549. The highest BCUT2D eigenvalue weighted by Gasteiger charge is 2.19. The highest BCUT2D eigenvalue weighted by atomic mass is 16.6. The first-order chi connectivity index (χ1) is 10.8. The van der Waals surface area contributed by atoms with Crippen LogP contribution < -0.4 is 4.90 Å². The first kappa shape index (κ1) is 17.1. The highest BCUT2D eigenvalue weighted by Crippen LogP contribution is 2.16. The number of aromatic nitrogens is 2. The van der Waals surface area contributed by atoms with Gasteiger partial charge in [0.1, 0.15) is 5.60 Å². The normalized spacial score (nSPS) is 11.5. The van der Waals surface area contributed by atoms with Gasteiger partial charge < -0.3 is 19.5 Å². The predicted octanol–water partition coefficient (Wildman–Crippen LogP) is 3.26. The number of aromatic amines is 1. The average Bonchev–Trinajstić information content (AvgIpc) is 2.89. The minimum absolute atomic E-state index is 0.288. The third kappa shape index (κ3) is 4.87. The van der Waals surface area contributed by atoms with E-state index >= 15 is 0 Å². The van der Waals surface area contributed by atoms with Crippen molar-refractivity contribution in [3.63, 3.8) is 0 Å². The van der Waals surface area contributed by atoms with Crippen molar-refractivity contribution in [1.29, 1.82) is 0 Å². The summed E-state index contributed by atoms with van der Waals surface area (Å²) in [6.45, 7) is 7.04. The zero-order valence-corrected chi connectivity index (χ0v) is 14.6. The number of para-hydroxylation sites is 2. The van der Waals surface area contributed by atoms with Crippen LogP contribution in [-0.2, 0) is 4.74 Å². The van der Waals surface area contributed by atoms with Crippen LogP contribution in [0.3, 0.4) is 0 Å². The Morgan fingerprint density at radius 3 is 2.57 bits per heavy atom. The smallest absolute Gasteiger partial charge is 0.410 e. The van der Waals surface area contributed by atoms with Crippen LogP contribution >= 0.6 is 0 Å². The molecule has 126 valence electrons. The standard InChI is InChI=1S/C17H26N4O2/c1-17(2,3)23-16(22)21(5)12-8-11-20(4)15-18-13-9-6-7-10-14(13)19-15/h6-7,9-10H,8,11-12H2,1-5H3,(H,18,19). The molecule has 1 N–H and O–H groups in total. The van der Waals surface area contributed by atoms with Gasteiger partial charge in [-0.1, -0.05) is 12.1 Å². The number of benzene rings is 1. The lowest BCUT2D eigenvalue weighted by Gasteiger charge is -2.25. The summed E-state index contributed by atoms with van der Waals surface area (Å²) in [5.74, 6) is 0.839.